The number of carbonyl (C=O) groups excluding carboxylic acids is 1. The van der Waals surface area contributed by atoms with Gasteiger partial charge in [-0.1, -0.05) is 6.92 Å². The van der Waals surface area contributed by atoms with E-state index in [-0.39, 0.29) is 24.1 Å². The summed E-state index contributed by atoms with van der Waals surface area (Å²) >= 11 is 0. The lowest BCUT2D eigenvalue weighted by molar-refractivity contribution is -0.161. The van der Waals surface area contributed by atoms with E-state index in [4.69, 9.17) is 4.74 Å². The highest BCUT2D eigenvalue weighted by atomic mass is 16.6. The number of rotatable bonds is 5. The maximum atomic E-state index is 12.2. The highest BCUT2D eigenvalue weighted by Crippen LogP contribution is 2.30. The molecule has 24 heavy (non-hydrogen) atoms. The number of esters is 1. The molecule has 0 radical (unpaired) electrons. The minimum absolute atomic E-state index is 0.0143. The van der Waals surface area contributed by atoms with Crippen LogP contribution in [0.5, 0.6) is 0 Å². The van der Waals surface area contributed by atoms with Crippen molar-refractivity contribution in [3.05, 3.63) is 0 Å². The van der Waals surface area contributed by atoms with Crippen molar-refractivity contribution < 1.29 is 14.6 Å². The lowest BCUT2D eigenvalue weighted by atomic mass is 9.85. The van der Waals surface area contributed by atoms with Gasteiger partial charge in [-0.05, 0) is 52.9 Å². The number of aliphatic hydroxyl groups excluding tert-OH is 1. The van der Waals surface area contributed by atoms with Crippen LogP contribution in [-0.4, -0.2) is 71.3 Å². The van der Waals surface area contributed by atoms with Crippen molar-refractivity contribution in [3.63, 3.8) is 0 Å². The van der Waals surface area contributed by atoms with E-state index < -0.39 is 0 Å². The fourth-order valence-corrected chi connectivity index (χ4v) is 4.03. The molecule has 0 aromatic rings. The summed E-state index contributed by atoms with van der Waals surface area (Å²) in [5, 5.41) is 9.46. The Morgan fingerprint density at radius 1 is 1.12 bits per heavy atom. The molecule has 2 rings (SSSR count). The minimum atomic E-state index is -0.382. The van der Waals surface area contributed by atoms with Gasteiger partial charge in [-0.25, -0.2) is 0 Å². The Morgan fingerprint density at radius 3 is 2.17 bits per heavy atom. The number of carbonyl (C=O) groups is 1. The van der Waals surface area contributed by atoms with Crippen LogP contribution in [-0.2, 0) is 9.53 Å². The van der Waals surface area contributed by atoms with E-state index >= 15 is 0 Å². The molecule has 0 aromatic carbocycles. The van der Waals surface area contributed by atoms with E-state index in [1.807, 2.05) is 20.8 Å². The Bertz CT molecular complexity index is 388. The number of hydrogen-bond acceptors (Lipinski definition) is 5. The van der Waals surface area contributed by atoms with Crippen molar-refractivity contribution in [2.24, 2.45) is 5.92 Å². The molecule has 5 nitrogen and oxygen atoms in total. The summed E-state index contributed by atoms with van der Waals surface area (Å²) in [5.74, 6) is 0.0696. The van der Waals surface area contributed by atoms with E-state index in [0.717, 1.165) is 58.3 Å². The van der Waals surface area contributed by atoms with Crippen LogP contribution in [0.4, 0.5) is 0 Å². The van der Waals surface area contributed by atoms with Crippen LogP contribution in [0.3, 0.4) is 0 Å². The van der Waals surface area contributed by atoms with E-state index in [1.165, 1.54) is 0 Å². The predicted octanol–water partition coefficient (Wildman–Crippen LogP) is 2.28. The van der Waals surface area contributed by atoms with E-state index in [2.05, 4.69) is 16.7 Å². The Labute approximate surface area is 147 Å². The summed E-state index contributed by atoms with van der Waals surface area (Å²) in [6.45, 7) is 12.5. The molecule has 2 aliphatic rings. The Balaban J connectivity index is 1.75. The van der Waals surface area contributed by atoms with Crippen molar-refractivity contribution in [1.29, 1.82) is 0 Å². The van der Waals surface area contributed by atoms with Crippen LogP contribution in [0.25, 0.3) is 0 Å². The third kappa shape index (κ3) is 5.43. The smallest absolute Gasteiger partial charge is 0.309 e. The van der Waals surface area contributed by atoms with E-state index in [9.17, 15) is 9.90 Å². The molecule has 1 aliphatic heterocycles. The standard InChI is InChI=1S/C19H36N2O3/c1-5-16(14-22)20-10-12-21(13-11-20)17-8-6-15(7-9-17)18(23)24-19(2,3)4/h15-17,22H,5-14H2,1-4H3/t15?,16-,17?/m1/s1. The quantitative estimate of drug-likeness (QED) is 0.778. The number of nitrogens with zero attached hydrogens (tertiary/aromatic N) is 2. The molecule has 0 aromatic heterocycles. The molecule has 1 aliphatic carbocycles. The second-order valence-corrected chi connectivity index (χ2v) is 8.36. The van der Waals surface area contributed by atoms with Gasteiger partial charge in [0.05, 0.1) is 12.5 Å². The highest BCUT2D eigenvalue weighted by Gasteiger charge is 2.33. The topological polar surface area (TPSA) is 53.0 Å². The normalized spacial score (nSPS) is 28.5. The van der Waals surface area contributed by atoms with Crippen LogP contribution < -0.4 is 0 Å². The van der Waals surface area contributed by atoms with Gasteiger partial charge in [0.1, 0.15) is 5.60 Å². The zero-order valence-corrected chi connectivity index (χ0v) is 16.0. The zero-order chi connectivity index (χ0) is 17.7. The first kappa shape index (κ1) is 19.7. The first-order chi connectivity index (χ1) is 11.3. The summed E-state index contributed by atoms with van der Waals surface area (Å²) in [4.78, 5) is 17.2. The average molecular weight is 341 g/mol. The molecule has 0 bridgehead atoms. The maximum Gasteiger partial charge on any atom is 0.309 e. The number of piperazine rings is 1. The van der Waals surface area contributed by atoms with Crippen LogP contribution in [0, 0.1) is 5.92 Å². The van der Waals surface area contributed by atoms with Gasteiger partial charge in [0.15, 0.2) is 0 Å². The SMILES string of the molecule is CC[C@H](CO)N1CCN(C2CCC(C(=O)OC(C)(C)C)CC2)CC1. The van der Waals surface area contributed by atoms with Gasteiger partial charge in [0.2, 0.25) is 0 Å². The molecule has 0 spiro atoms. The first-order valence-electron chi connectivity index (χ1n) is 9.66. The van der Waals surface area contributed by atoms with E-state index in [1.54, 1.807) is 0 Å². The van der Waals surface area contributed by atoms with Crippen molar-refractivity contribution in [2.45, 2.75) is 77.5 Å². The largest absolute Gasteiger partial charge is 0.460 e. The van der Waals surface area contributed by atoms with Gasteiger partial charge in [0, 0.05) is 38.3 Å². The molecule has 0 unspecified atom stereocenters. The lowest BCUT2D eigenvalue weighted by Gasteiger charge is -2.43. The molecule has 1 saturated carbocycles. The maximum absolute atomic E-state index is 12.2. The monoisotopic (exact) mass is 340 g/mol. The molecule has 5 heteroatoms. The highest BCUT2D eigenvalue weighted by molar-refractivity contribution is 5.73. The number of aliphatic hydroxyl groups is 1. The second kappa shape index (κ2) is 8.63. The number of ether oxygens (including phenoxy) is 1. The number of hydrogen-bond donors (Lipinski definition) is 1. The van der Waals surface area contributed by atoms with Crippen molar-refractivity contribution in [2.75, 3.05) is 32.8 Å². The fourth-order valence-electron chi connectivity index (χ4n) is 4.03. The van der Waals surface area contributed by atoms with Crippen LogP contribution >= 0.6 is 0 Å². The van der Waals surface area contributed by atoms with Gasteiger partial charge >= 0.3 is 5.97 Å². The van der Waals surface area contributed by atoms with Crippen LogP contribution in [0.15, 0.2) is 0 Å². The summed E-state index contributed by atoms with van der Waals surface area (Å²) in [6, 6.07) is 0.926. The minimum Gasteiger partial charge on any atom is -0.460 e. The van der Waals surface area contributed by atoms with Crippen molar-refractivity contribution in [3.8, 4) is 0 Å². The third-order valence-corrected chi connectivity index (χ3v) is 5.50. The fraction of sp³-hybridized carbons (Fsp3) is 0.947. The molecule has 1 saturated heterocycles. The van der Waals surface area contributed by atoms with Crippen molar-refractivity contribution >= 4 is 5.97 Å². The molecular formula is C19H36N2O3. The van der Waals surface area contributed by atoms with E-state index in [0.29, 0.717) is 12.1 Å². The molecule has 2 fully saturated rings. The van der Waals surface area contributed by atoms with Gasteiger partial charge in [-0.2, -0.15) is 0 Å². The van der Waals surface area contributed by atoms with Gasteiger partial charge < -0.3 is 9.84 Å². The summed E-state index contributed by atoms with van der Waals surface area (Å²) in [7, 11) is 0. The zero-order valence-electron chi connectivity index (χ0n) is 16.0. The van der Waals surface area contributed by atoms with Crippen LogP contribution in [0.2, 0.25) is 0 Å². The Kier molecular flexibility index (Phi) is 7.08. The molecule has 1 heterocycles. The second-order valence-electron chi connectivity index (χ2n) is 8.36. The van der Waals surface area contributed by atoms with Gasteiger partial charge in [-0.15, -0.1) is 0 Å². The predicted molar refractivity (Wildman–Crippen MR) is 95.9 cm³/mol. The molecular weight excluding hydrogens is 304 g/mol. The molecule has 0 amide bonds. The third-order valence-electron chi connectivity index (χ3n) is 5.50. The average Bonchev–Trinajstić information content (AvgIpc) is 2.55. The molecule has 1 atom stereocenters. The Hall–Kier alpha value is -0.650. The van der Waals surface area contributed by atoms with Crippen molar-refractivity contribution in [1.82, 2.24) is 9.80 Å². The van der Waals surface area contributed by atoms with Gasteiger partial charge in [-0.3, -0.25) is 14.6 Å². The first-order valence-corrected chi connectivity index (χ1v) is 9.66. The summed E-state index contributed by atoms with van der Waals surface area (Å²) in [6.07, 6.45) is 5.11. The van der Waals surface area contributed by atoms with Gasteiger partial charge in [0.25, 0.3) is 0 Å². The Morgan fingerprint density at radius 2 is 1.71 bits per heavy atom. The molecule has 140 valence electrons. The summed E-state index contributed by atoms with van der Waals surface area (Å²) < 4.78 is 5.54. The summed E-state index contributed by atoms with van der Waals surface area (Å²) in [5.41, 5.74) is -0.382. The van der Waals surface area contributed by atoms with Crippen LogP contribution in [0.1, 0.15) is 59.8 Å². The lowest BCUT2D eigenvalue weighted by Crippen LogP contribution is -2.54. The molecule has 1 N–H and O–H groups in total.